The summed E-state index contributed by atoms with van der Waals surface area (Å²) in [7, 11) is 0. The molecule has 3 rings (SSSR count). The van der Waals surface area contributed by atoms with E-state index in [2.05, 4.69) is 25.3 Å². The highest BCUT2D eigenvalue weighted by molar-refractivity contribution is 5.83. The Morgan fingerprint density at radius 3 is 2.67 bits per heavy atom. The van der Waals surface area contributed by atoms with Crippen molar-refractivity contribution in [1.29, 1.82) is 0 Å². The number of para-hydroxylation sites is 1. The second-order valence-corrected chi connectivity index (χ2v) is 3.76. The van der Waals surface area contributed by atoms with Gasteiger partial charge in [-0.3, -0.25) is 5.43 Å². The lowest BCUT2D eigenvalue weighted by atomic mass is 10.2. The molecule has 1 aromatic carbocycles. The van der Waals surface area contributed by atoms with E-state index in [1.54, 1.807) is 6.21 Å². The SMILES string of the molecule is C1=Cc2ccccc2NN=C1.C1CCOOOC1. The fourth-order valence-corrected chi connectivity index (χ4v) is 1.46. The fraction of sp³-hybridized carbons (Fsp3) is 0.308. The summed E-state index contributed by atoms with van der Waals surface area (Å²) < 4.78 is 0. The molecule has 1 aromatic rings. The molecule has 2 aliphatic heterocycles. The highest BCUT2D eigenvalue weighted by Gasteiger charge is 1.97. The molecule has 0 radical (unpaired) electrons. The molecule has 0 amide bonds. The highest BCUT2D eigenvalue weighted by Crippen LogP contribution is 2.17. The van der Waals surface area contributed by atoms with Crippen LogP contribution in [0.4, 0.5) is 5.69 Å². The van der Waals surface area contributed by atoms with Crippen LogP contribution in [-0.4, -0.2) is 19.4 Å². The third-order valence-corrected chi connectivity index (χ3v) is 2.38. The molecule has 0 bridgehead atoms. The van der Waals surface area contributed by atoms with E-state index in [1.807, 2.05) is 36.4 Å². The molecule has 0 unspecified atom stereocenters. The van der Waals surface area contributed by atoms with Crippen molar-refractivity contribution in [2.24, 2.45) is 5.10 Å². The molecule has 5 heteroatoms. The van der Waals surface area contributed by atoms with E-state index in [0.717, 1.165) is 18.5 Å². The van der Waals surface area contributed by atoms with Crippen LogP contribution in [0.15, 0.2) is 35.4 Å². The van der Waals surface area contributed by atoms with E-state index in [9.17, 15) is 0 Å². The van der Waals surface area contributed by atoms with Gasteiger partial charge in [0.2, 0.25) is 0 Å². The number of anilines is 1. The van der Waals surface area contributed by atoms with Gasteiger partial charge in [0.15, 0.2) is 0 Å². The van der Waals surface area contributed by atoms with Crippen molar-refractivity contribution in [3.63, 3.8) is 0 Å². The Balaban J connectivity index is 0.000000149. The summed E-state index contributed by atoms with van der Waals surface area (Å²) in [5.41, 5.74) is 5.16. The highest BCUT2D eigenvalue weighted by atomic mass is 17.5. The third-order valence-electron chi connectivity index (χ3n) is 2.38. The summed E-state index contributed by atoms with van der Waals surface area (Å²) in [4.78, 5) is 8.94. The zero-order chi connectivity index (χ0) is 12.5. The zero-order valence-corrected chi connectivity index (χ0v) is 10.0. The minimum Gasteiger partial charge on any atom is -0.278 e. The Kier molecular flexibility index (Phi) is 5.39. The predicted octanol–water partition coefficient (Wildman–Crippen LogP) is 2.77. The van der Waals surface area contributed by atoms with E-state index in [4.69, 9.17) is 0 Å². The molecule has 5 nitrogen and oxygen atoms in total. The van der Waals surface area contributed by atoms with Gasteiger partial charge in [0.1, 0.15) is 0 Å². The maximum Gasteiger partial charge on any atom is 0.0854 e. The van der Waals surface area contributed by atoms with E-state index >= 15 is 0 Å². The fourth-order valence-electron chi connectivity index (χ4n) is 1.46. The standard InChI is InChI=1S/C9H8N2.C4H8O3/c1-2-6-9-8(4-1)5-3-7-10-11-9;1-2-4-6-7-5-3-1/h1-7,11H;1-4H2. The molecule has 1 fully saturated rings. The first-order valence-corrected chi connectivity index (χ1v) is 5.93. The zero-order valence-electron chi connectivity index (χ0n) is 10.0. The van der Waals surface area contributed by atoms with Gasteiger partial charge in [0, 0.05) is 6.21 Å². The van der Waals surface area contributed by atoms with Gasteiger partial charge in [0.05, 0.1) is 18.9 Å². The van der Waals surface area contributed by atoms with Crippen molar-refractivity contribution in [3.8, 4) is 0 Å². The minimum atomic E-state index is 0.653. The molecule has 0 aliphatic carbocycles. The van der Waals surface area contributed by atoms with Crippen molar-refractivity contribution in [2.75, 3.05) is 18.6 Å². The summed E-state index contributed by atoms with van der Waals surface area (Å²) in [5.74, 6) is 0. The number of benzene rings is 1. The molecule has 0 spiro atoms. The smallest absolute Gasteiger partial charge is 0.0854 e. The van der Waals surface area contributed by atoms with E-state index < -0.39 is 0 Å². The maximum atomic E-state index is 4.47. The van der Waals surface area contributed by atoms with Crippen LogP contribution in [0.5, 0.6) is 0 Å². The molecule has 1 N–H and O–H groups in total. The van der Waals surface area contributed by atoms with Crippen LogP contribution in [0, 0.1) is 0 Å². The van der Waals surface area contributed by atoms with Crippen molar-refractivity contribution in [1.82, 2.24) is 0 Å². The van der Waals surface area contributed by atoms with E-state index in [0.29, 0.717) is 13.2 Å². The second kappa shape index (κ2) is 7.60. The van der Waals surface area contributed by atoms with Crippen molar-refractivity contribution in [2.45, 2.75) is 12.8 Å². The van der Waals surface area contributed by atoms with E-state index in [1.165, 1.54) is 5.56 Å². The summed E-state index contributed by atoms with van der Waals surface area (Å²) >= 11 is 0. The Bertz CT molecular complexity index is 399. The number of hydrazone groups is 1. The summed E-state index contributed by atoms with van der Waals surface area (Å²) in [6.45, 7) is 1.31. The predicted molar refractivity (Wildman–Crippen MR) is 69.8 cm³/mol. The first-order chi connectivity index (χ1) is 8.97. The van der Waals surface area contributed by atoms with E-state index in [-0.39, 0.29) is 0 Å². The van der Waals surface area contributed by atoms with Crippen molar-refractivity contribution in [3.05, 3.63) is 35.9 Å². The number of nitrogens with zero attached hydrogens (tertiary/aromatic N) is 1. The lowest BCUT2D eigenvalue weighted by Crippen LogP contribution is -1.90. The topological polar surface area (TPSA) is 52.1 Å². The summed E-state index contributed by atoms with van der Waals surface area (Å²) in [6.07, 6.45) is 7.73. The van der Waals surface area contributed by atoms with Gasteiger partial charge in [-0.1, -0.05) is 29.3 Å². The number of hydrogen-bond donors (Lipinski definition) is 1. The number of allylic oxidation sites excluding steroid dienone is 1. The lowest BCUT2D eigenvalue weighted by Gasteiger charge is -2.00. The first-order valence-electron chi connectivity index (χ1n) is 5.93. The van der Waals surface area contributed by atoms with Crippen molar-refractivity contribution >= 4 is 18.0 Å². The Morgan fingerprint density at radius 1 is 1.06 bits per heavy atom. The van der Waals surface area contributed by atoms with Crippen LogP contribution in [0.3, 0.4) is 0 Å². The quantitative estimate of drug-likeness (QED) is 0.717. The summed E-state index contributed by atoms with van der Waals surface area (Å²) in [6, 6.07) is 8.05. The average molecular weight is 248 g/mol. The normalized spacial score (nSPS) is 17.6. The summed E-state index contributed by atoms with van der Waals surface area (Å²) in [5, 5.41) is 8.14. The maximum absolute atomic E-state index is 4.47. The number of hydrogen-bond acceptors (Lipinski definition) is 5. The van der Waals surface area contributed by atoms with Gasteiger partial charge in [0.25, 0.3) is 0 Å². The molecule has 96 valence electrons. The molecule has 0 atom stereocenters. The number of fused-ring (bicyclic) bond motifs is 1. The molecule has 0 saturated carbocycles. The van der Waals surface area contributed by atoms with Gasteiger partial charge in [-0.05, 0) is 30.5 Å². The third kappa shape index (κ3) is 4.29. The number of nitrogens with one attached hydrogen (secondary N) is 1. The largest absolute Gasteiger partial charge is 0.278 e. The van der Waals surface area contributed by atoms with Gasteiger partial charge < -0.3 is 0 Å². The molecular formula is C13H16N2O3. The molecule has 0 aromatic heterocycles. The molecule has 2 heterocycles. The Hall–Kier alpha value is -1.69. The Morgan fingerprint density at radius 2 is 1.83 bits per heavy atom. The van der Waals surface area contributed by atoms with Crippen LogP contribution in [0.2, 0.25) is 0 Å². The first kappa shape index (κ1) is 12.8. The van der Waals surface area contributed by atoms with Crippen molar-refractivity contribution < 1.29 is 14.8 Å². The van der Waals surface area contributed by atoms with Crippen LogP contribution in [0.25, 0.3) is 6.08 Å². The average Bonchev–Trinajstić information content (AvgIpc) is 2.84. The molecule has 1 saturated heterocycles. The monoisotopic (exact) mass is 248 g/mol. The molecule has 18 heavy (non-hydrogen) atoms. The van der Waals surface area contributed by atoms with Crippen LogP contribution in [-0.2, 0) is 14.8 Å². The minimum absolute atomic E-state index is 0.653. The van der Waals surface area contributed by atoms with Gasteiger partial charge in [-0.15, -0.1) is 0 Å². The Labute approximate surface area is 106 Å². The number of rotatable bonds is 0. The van der Waals surface area contributed by atoms with Crippen LogP contribution >= 0.6 is 0 Å². The van der Waals surface area contributed by atoms with Gasteiger partial charge in [-0.25, -0.2) is 9.78 Å². The van der Waals surface area contributed by atoms with Gasteiger partial charge in [-0.2, -0.15) is 5.10 Å². The molecular weight excluding hydrogens is 232 g/mol. The molecule has 2 aliphatic rings. The lowest BCUT2D eigenvalue weighted by molar-refractivity contribution is -0.504. The van der Waals surface area contributed by atoms with Crippen LogP contribution in [0.1, 0.15) is 18.4 Å². The van der Waals surface area contributed by atoms with Crippen LogP contribution < -0.4 is 5.43 Å². The second-order valence-electron chi connectivity index (χ2n) is 3.76. The van der Waals surface area contributed by atoms with Gasteiger partial charge >= 0.3 is 0 Å².